The quantitative estimate of drug-likeness (QED) is 0.750. The molecule has 0 bridgehead atoms. The molecule has 0 aliphatic heterocycles. The maximum absolute atomic E-state index is 12.1. The van der Waals surface area contributed by atoms with Crippen molar-refractivity contribution >= 4 is 5.91 Å². The SMILES string of the molecule is N[C@H](Cc1ccccc1)C(=O)N[C@H](CO)c1ccccc1. The monoisotopic (exact) mass is 284 g/mol. The molecule has 4 nitrogen and oxygen atoms in total. The lowest BCUT2D eigenvalue weighted by atomic mass is 10.0. The van der Waals surface area contributed by atoms with Gasteiger partial charge in [0.25, 0.3) is 0 Å². The highest BCUT2D eigenvalue weighted by Gasteiger charge is 2.19. The van der Waals surface area contributed by atoms with Gasteiger partial charge in [-0.1, -0.05) is 60.7 Å². The second-order valence-electron chi connectivity index (χ2n) is 4.95. The van der Waals surface area contributed by atoms with E-state index >= 15 is 0 Å². The molecule has 2 rings (SSSR count). The number of aliphatic hydroxyl groups excluding tert-OH is 1. The number of nitrogens with two attached hydrogens (primary N) is 1. The summed E-state index contributed by atoms with van der Waals surface area (Å²) < 4.78 is 0. The van der Waals surface area contributed by atoms with Crippen LogP contribution in [0.2, 0.25) is 0 Å². The van der Waals surface area contributed by atoms with Crippen LogP contribution >= 0.6 is 0 Å². The lowest BCUT2D eigenvalue weighted by Crippen LogP contribution is -2.44. The molecule has 4 N–H and O–H groups in total. The van der Waals surface area contributed by atoms with Crippen molar-refractivity contribution in [3.05, 3.63) is 71.8 Å². The van der Waals surface area contributed by atoms with Crippen LogP contribution in [0.25, 0.3) is 0 Å². The fourth-order valence-corrected chi connectivity index (χ4v) is 2.16. The number of amides is 1. The Balaban J connectivity index is 1.96. The molecule has 0 unspecified atom stereocenters. The highest BCUT2D eigenvalue weighted by atomic mass is 16.3. The van der Waals surface area contributed by atoms with Crippen molar-refractivity contribution in [3.63, 3.8) is 0 Å². The average molecular weight is 284 g/mol. The van der Waals surface area contributed by atoms with Gasteiger partial charge in [-0.05, 0) is 17.5 Å². The third-order valence-corrected chi connectivity index (χ3v) is 3.34. The minimum Gasteiger partial charge on any atom is -0.394 e. The zero-order valence-corrected chi connectivity index (χ0v) is 11.8. The van der Waals surface area contributed by atoms with Crippen LogP contribution in [-0.4, -0.2) is 23.7 Å². The molecule has 0 aliphatic carbocycles. The van der Waals surface area contributed by atoms with E-state index in [1.165, 1.54) is 0 Å². The van der Waals surface area contributed by atoms with Crippen molar-refractivity contribution in [1.29, 1.82) is 0 Å². The van der Waals surface area contributed by atoms with Crippen LogP contribution in [0.5, 0.6) is 0 Å². The van der Waals surface area contributed by atoms with Gasteiger partial charge in [0.15, 0.2) is 0 Å². The smallest absolute Gasteiger partial charge is 0.237 e. The lowest BCUT2D eigenvalue weighted by Gasteiger charge is -2.19. The summed E-state index contributed by atoms with van der Waals surface area (Å²) in [5.74, 6) is -0.262. The molecular weight excluding hydrogens is 264 g/mol. The predicted molar refractivity (Wildman–Crippen MR) is 82.5 cm³/mol. The van der Waals surface area contributed by atoms with E-state index in [0.717, 1.165) is 11.1 Å². The van der Waals surface area contributed by atoms with Crippen molar-refractivity contribution in [1.82, 2.24) is 5.32 Å². The molecule has 0 spiro atoms. The highest BCUT2D eigenvalue weighted by Crippen LogP contribution is 2.12. The van der Waals surface area contributed by atoms with Crippen LogP contribution < -0.4 is 11.1 Å². The van der Waals surface area contributed by atoms with E-state index in [0.29, 0.717) is 6.42 Å². The van der Waals surface area contributed by atoms with Crippen LogP contribution in [0.4, 0.5) is 0 Å². The highest BCUT2D eigenvalue weighted by molar-refractivity contribution is 5.82. The Kier molecular flexibility index (Phi) is 5.49. The molecule has 0 aromatic heterocycles. The Hall–Kier alpha value is -2.17. The van der Waals surface area contributed by atoms with E-state index in [1.54, 1.807) is 0 Å². The number of hydrogen-bond acceptors (Lipinski definition) is 3. The number of hydrogen-bond donors (Lipinski definition) is 3. The largest absolute Gasteiger partial charge is 0.394 e. The number of rotatable bonds is 6. The first-order chi connectivity index (χ1) is 10.2. The van der Waals surface area contributed by atoms with Crippen LogP contribution in [0.3, 0.4) is 0 Å². The maximum Gasteiger partial charge on any atom is 0.237 e. The second-order valence-corrected chi connectivity index (χ2v) is 4.95. The zero-order valence-electron chi connectivity index (χ0n) is 11.8. The molecule has 2 atom stereocenters. The number of carbonyl (C=O) groups excluding carboxylic acids is 1. The van der Waals surface area contributed by atoms with E-state index in [9.17, 15) is 9.90 Å². The Labute approximate surface area is 124 Å². The predicted octanol–water partition coefficient (Wildman–Crippen LogP) is 1.41. The molecule has 0 saturated heterocycles. The van der Waals surface area contributed by atoms with Crippen LogP contribution in [0, 0.1) is 0 Å². The van der Waals surface area contributed by atoms with Crippen molar-refractivity contribution < 1.29 is 9.90 Å². The standard InChI is InChI=1S/C17H20N2O2/c18-15(11-13-7-3-1-4-8-13)17(21)19-16(12-20)14-9-5-2-6-10-14/h1-10,15-16,20H,11-12,18H2,(H,19,21)/t15-,16-/m1/s1. The summed E-state index contributed by atoms with van der Waals surface area (Å²) in [6.07, 6.45) is 0.472. The van der Waals surface area contributed by atoms with Crippen molar-refractivity contribution in [3.8, 4) is 0 Å². The van der Waals surface area contributed by atoms with Gasteiger partial charge in [0.1, 0.15) is 0 Å². The molecule has 1 amide bonds. The molecule has 2 aromatic rings. The number of aliphatic hydroxyl groups is 1. The molecule has 110 valence electrons. The molecule has 0 fully saturated rings. The molecule has 21 heavy (non-hydrogen) atoms. The van der Waals surface area contributed by atoms with E-state index in [1.807, 2.05) is 60.7 Å². The van der Waals surface area contributed by atoms with Gasteiger partial charge in [-0.15, -0.1) is 0 Å². The Morgan fingerprint density at radius 1 is 1.05 bits per heavy atom. The van der Waals surface area contributed by atoms with Crippen molar-refractivity contribution in [2.75, 3.05) is 6.61 Å². The summed E-state index contributed by atoms with van der Waals surface area (Å²) in [6.45, 7) is -0.159. The van der Waals surface area contributed by atoms with Crippen LogP contribution in [0.1, 0.15) is 17.2 Å². The molecule has 0 radical (unpaired) electrons. The van der Waals surface area contributed by atoms with E-state index < -0.39 is 12.1 Å². The first kappa shape index (κ1) is 15.2. The fraction of sp³-hybridized carbons (Fsp3) is 0.235. The normalized spacial score (nSPS) is 13.4. The Morgan fingerprint density at radius 3 is 2.19 bits per heavy atom. The van der Waals surface area contributed by atoms with Gasteiger partial charge in [-0.2, -0.15) is 0 Å². The third kappa shape index (κ3) is 4.41. The number of carbonyl (C=O) groups is 1. The first-order valence-electron chi connectivity index (χ1n) is 6.96. The van der Waals surface area contributed by atoms with Gasteiger partial charge in [0.2, 0.25) is 5.91 Å². The fourth-order valence-electron chi connectivity index (χ4n) is 2.16. The summed E-state index contributed by atoms with van der Waals surface area (Å²) in [4.78, 5) is 12.1. The summed E-state index contributed by atoms with van der Waals surface area (Å²) >= 11 is 0. The maximum atomic E-state index is 12.1. The topological polar surface area (TPSA) is 75.4 Å². The second kappa shape index (κ2) is 7.57. The Morgan fingerprint density at radius 2 is 1.62 bits per heavy atom. The lowest BCUT2D eigenvalue weighted by molar-refractivity contribution is -0.123. The van der Waals surface area contributed by atoms with Crippen molar-refractivity contribution in [2.24, 2.45) is 5.73 Å². The summed E-state index contributed by atoms with van der Waals surface area (Å²) in [7, 11) is 0. The van der Waals surface area contributed by atoms with E-state index in [4.69, 9.17) is 5.73 Å². The average Bonchev–Trinajstić information content (AvgIpc) is 2.54. The Bertz CT molecular complexity index is 558. The summed E-state index contributed by atoms with van der Waals surface area (Å²) in [5.41, 5.74) is 7.81. The summed E-state index contributed by atoms with van der Waals surface area (Å²) in [6, 6.07) is 17.9. The molecule has 0 saturated carbocycles. The van der Waals surface area contributed by atoms with Gasteiger partial charge in [0.05, 0.1) is 18.7 Å². The van der Waals surface area contributed by atoms with Crippen LogP contribution in [-0.2, 0) is 11.2 Å². The van der Waals surface area contributed by atoms with Gasteiger partial charge in [-0.25, -0.2) is 0 Å². The first-order valence-corrected chi connectivity index (χ1v) is 6.96. The molecular formula is C17H20N2O2. The molecule has 0 heterocycles. The van der Waals surface area contributed by atoms with Gasteiger partial charge >= 0.3 is 0 Å². The number of nitrogens with one attached hydrogen (secondary N) is 1. The molecule has 2 aromatic carbocycles. The minimum atomic E-state index is -0.634. The zero-order chi connectivity index (χ0) is 15.1. The third-order valence-electron chi connectivity index (χ3n) is 3.34. The van der Waals surface area contributed by atoms with E-state index in [2.05, 4.69) is 5.32 Å². The van der Waals surface area contributed by atoms with E-state index in [-0.39, 0.29) is 12.5 Å². The summed E-state index contributed by atoms with van der Waals surface area (Å²) in [5, 5.41) is 12.2. The number of benzene rings is 2. The molecule has 0 aliphatic rings. The minimum absolute atomic E-state index is 0.159. The van der Waals surface area contributed by atoms with Gasteiger partial charge in [-0.3, -0.25) is 4.79 Å². The van der Waals surface area contributed by atoms with Gasteiger partial charge < -0.3 is 16.2 Å². The van der Waals surface area contributed by atoms with Crippen LogP contribution in [0.15, 0.2) is 60.7 Å². The van der Waals surface area contributed by atoms with Crippen molar-refractivity contribution in [2.45, 2.75) is 18.5 Å². The van der Waals surface area contributed by atoms with Gasteiger partial charge in [0, 0.05) is 0 Å². The molecule has 4 heteroatoms.